The molecule has 0 heterocycles. The molecule has 0 aliphatic carbocycles. The van der Waals surface area contributed by atoms with Crippen LogP contribution in [0.4, 0.5) is 8.78 Å². The molecule has 84 valence electrons. The smallest absolute Gasteiger partial charge is 0.132 e. The fourth-order valence-electron chi connectivity index (χ4n) is 1.38. The monoisotopic (exact) mass is 216 g/mol. The van der Waals surface area contributed by atoms with E-state index in [1.807, 2.05) is 0 Å². The molecule has 1 aromatic rings. The lowest BCUT2D eigenvalue weighted by atomic mass is 10.0. The van der Waals surface area contributed by atoms with Crippen LogP contribution in [-0.4, -0.2) is 17.8 Å². The number of aliphatic hydroxyl groups is 1. The molecule has 1 N–H and O–H groups in total. The second kappa shape index (κ2) is 5.19. The van der Waals surface area contributed by atoms with Crippen LogP contribution in [0.2, 0.25) is 0 Å². The first-order chi connectivity index (χ1) is 7.07. The van der Waals surface area contributed by atoms with Gasteiger partial charge in [-0.2, -0.15) is 0 Å². The Bertz CT molecular complexity index is 308. The molecule has 2 unspecified atom stereocenters. The average molecular weight is 216 g/mol. The van der Waals surface area contributed by atoms with Crippen molar-refractivity contribution in [3.8, 4) is 0 Å². The van der Waals surface area contributed by atoms with Crippen LogP contribution < -0.4 is 0 Å². The minimum Gasteiger partial charge on any atom is -0.385 e. The molecule has 2 nitrogen and oxygen atoms in total. The summed E-state index contributed by atoms with van der Waals surface area (Å²) in [6.07, 6.45) is -1.92. The first-order valence-electron chi connectivity index (χ1n) is 4.81. The largest absolute Gasteiger partial charge is 0.385 e. The highest BCUT2D eigenvalue weighted by molar-refractivity contribution is 5.22. The third-order valence-corrected chi connectivity index (χ3v) is 2.17. The van der Waals surface area contributed by atoms with Gasteiger partial charge in [-0.05, 0) is 26.0 Å². The number of aliphatic hydroxyl groups excluding tert-OH is 1. The zero-order chi connectivity index (χ0) is 11.4. The van der Waals surface area contributed by atoms with Gasteiger partial charge in [0.25, 0.3) is 0 Å². The van der Waals surface area contributed by atoms with Gasteiger partial charge >= 0.3 is 0 Å². The van der Waals surface area contributed by atoms with Gasteiger partial charge in [-0.25, -0.2) is 8.78 Å². The molecule has 0 aliphatic rings. The summed E-state index contributed by atoms with van der Waals surface area (Å²) in [5.41, 5.74) is -0.335. The maximum atomic E-state index is 13.2. The number of halogens is 2. The van der Waals surface area contributed by atoms with Gasteiger partial charge in [0.2, 0.25) is 0 Å². The Morgan fingerprint density at radius 1 is 1.33 bits per heavy atom. The second-order valence-electron chi connectivity index (χ2n) is 3.24. The molecule has 0 fully saturated rings. The van der Waals surface area contributed by atoms with Crippen molar-refractivity contribution in [2.45, 2.75) is 26.1 Å². The molecular formula is C11H14F2O2. The minimum atomic E-state index is -1.29. The third-order valence-electron chi connectivity index (χ3n) is 2.17. The number of hydrogen-bond acceptors (Lipinski definition) is 2. The Kier molecular flexibility index (Phi) is 4.17. The Morgan fingerprint density at radius 3 is 2.33 bits per heavy atom. The fourth-order valence-corrected chi connectivity index (χ4v) is 1.38. The van der Waals surface area contributed by atoms with E-state index in [0.717, 1.165) is 12.1 Å². The van der Waals surface area contributed by atoms with Crippen molar-refractivity contribution in [2.24, 2.45) is 0 Å². The molecule has 0 saturated carbocycles. The molecule has 4 heteroatoms. The number of rotatable bonds is 4. The van der Waals surface area contributed by atoms with Gasteiger partial charge in [-0.15, -0.1) is 0 Å². The molecule has 0 amide bonds. The molecule has 1 rings (SSSR count). The Morgan fingerprint density at radius 2 is 1.87 bits per heavy atom. The van der Waals surface area contributed by atoms with E-state index in [1.54, 1.807) is 13.8 Å². The van der Waals surface area contributed by atoms with E-state index in [0.29, 0.717) is 6.61 Å². The molecule has 0 bridgehead atoms. The van der Waals surface area contributed by atoms with Crippen LogP contribution >= 0.6 is 0 Å². The highest BCUT2D eigenvalue weighted by Crippen LogP contribution is 2.24. The molecular weight excluding hydrogens is 202 g/mol. The minimum absolute atomic E-state index is 0.335. The van der Waals surface area contributed by atoms with Crippen molar-refractivity contribution >= 4 is 0 Å². The predicted octanol–water partition coefficient (Wildman–Crippen LogP) is 2.42. The van der Waals surface area contributed by atoms with Crippen molar-refractivity contribution < 1.29 is 18.6 Å². The second-order valence-corrected chi connectivity index (χ2v) is 3.24. The molecule has 0 radical (unpaired) electrons. The van der Waals surface area contributed by atoms with Gasteiger partial charge in [0.05, 0.1) is 11.7 Å². The molecule has 0 aliphatic heterocycles. The first kappa shape index (κ1) is 12.1. The zero-order valence-corrected chi connectivity index (χ0v) is 8.71. The summed E-state index contributed by atoms with van der Waals surface area (Å²) < 4.78 is 31.6. The summed E-state index contributed by atoms with van der Waals surface area (Å²) >= 11 is 0. The fraction of sp³-hybridized carbons (Fsp3) is 0.455. The topological polar surface area (TPSA) is 29.5 Å². The normalized spacial score (nSPS) is 15.0. The lowest BCUT2D eigenvalue weighted by molar-refractivity contribution is -0.0257. The lowest BCUT2D eigenvalue weighted by Crippen LogP contribution is -2.20. The molecule has 15 heavy (non-hydrogen) atoms. The van der Waals surface area contributed by atoms with E-state index < -0.39 is 23.8 Å². The van der Waals surface area contributed by atoms with E-state index >= 15 is 0 Å². The maximum Gasteiger partial charge on any atom is 0.132 e. The van der Waals surface area contributed by atoms with Gasteiger partial charge in [-0.3, -0.25) is 0 Å². The predicted molar refractivity (Wildman–Crippen MR) is 52.4 cm³/mol. The van der Waals surface area contributed by atoms with Gasteiger partial charge in [0.15, 0.2) is 0 Å². The lowest BCUT2D eigenvalue weighted by Gasteiger charge is -2.19. The molecule has 1 aromatic carbocycles. The van der Waals surface area contributed by atoms with Crippen molar-refractivity contribution in [3.05, 3.63) is 35.4 Å². The van der Waals surface area contributed by atoms with Crippen LogP contribution in [0, 0.1) is 11.6 Å². The summed E-state index contributed by atoms with van der Waals surface area (Å²) in [5, 5.41) is 9.68. The van der Waals surface area contributed by atoms with Crippen molar-refractivity contribution in [2.75, 3.05) is 6.61 Å². The van der Waals surface area contributed by atoms with Gasteiger partial charge in [-0.1, -0.05) is 6.07 Å². The van der Waals surface area contributed by atoms with Crippen molar-refractivity contribution in [1.29, 1.82) is 0 Å². The number of ether oxygens (including phenoxy) is 1. The van der Waals surface area contributed by atoms with Crippen LogP contribution in [-0.2, 0) is 4.74 Å². The Hall–Kier alpha value is -1.00. The van der Waals surface area contributed by atoms with Crippen LogP contribution in [0.15, 0.2) is 18.2 Å². The van der Waals surface area contributed by atoms with E-state index in [9.17, 15) is 13.9 Å². The van der Waals surface area contributed by atoms with Crippen LogP contribution in [0.5, 0.6) is 0 Å². The summed E-state index contributed by atoms with van der Waals surface area (Å²) in [7, 11) is 0. The summed E-state index contributed by atoms with van der Waals surface area (Å²) in [4.78, 5) is 0. The standard InChI is InChI=1S/C11H14F2O2/c1-3-15-7(2)11(14)10-8(12)5-4-6-9(10)13/h4-7,11,14H,3H2,1-2H3. The highest BCUT2D eigenvalue weighted by atomic mass is 19.1. The van der Waals surface area contributed by atoms with E-state index in [-0.39, 0.29) is 5.56 Å². The van der Waals surface area contributed by atoms with E-state index in [4.69, 9.17) is 4.74 Å². The summed E-state index contributed by atoms with van der Waals surface area (Å²) in [6, 6.07) is 3.48. The maximum absolute atomic E-state index is 13.2. The third kappa shape index (κ3) is 2.73. The van der Waals surface area contributed by atoms with Crippen LogP contribution in [0.3, 0.4) is 0 Å². The number of hydrogen-bond donors (Lipinski definition) is 1. The number of benzene rings is 1. The molecule has 0 saturated heterocycles. The summed E-state index contributed by atoms with van der Waals surface area (Å²) in [6.45, 7) is 3.70. The zero-order valence-electron chi connectivity index (χ0n) is 8.71. The van der Waals surface area contributed by atoms with Gasteiger partial charge < -0.3 is 9.84 Å². The van der Waals surface area contributed by atoms with Crippen LogP contribution in [0.1, 0.15) is 25.5 Å². The Balaban J connectivity index is 2.94. The van der Waals surface area contributed by atoms with Crippen molar-refractivity contribution in [1.82, 2.24) is 0 Å². The Labute approximate surface area is 87.5 Å². The molecule has 0 spiro atoms. The van der Waals surface area contributed by atoms with E-state index in [1.165, 1.54) is 6.07 Å². The van der Waals surface area contributed by atoms with E-state index in [2.05, 4.69) is 0 Å². The summed E-state index contributed by atoms with van der Waals surface area (Å²) in [5.74, 6) is -1.51. The molecule has 0 aromatic heterocycles. The average Bonchev–Trinajstić information content (AvgIpc) is 2.17. The highest BCUT2D eigenvalue weighted by Gasteiger charge is 2.23. The molecule has 2 atom stereocenters. The van der Waals surface area contributed by atoms with Gasteiger partial charge in [0, 0.05) is 6.61 Å². The van der Waals surface area contributed by atoms with Crippen LogP contribution in [0.25, 0.3) is 0 Å². The van der Waals surface area contributed by atoms with Crippen molar-refractivity contribution in [3.63, 3.8) is 0 Å². The first-order valence-corrected chi connectivity index (χ1v) is 4.81. The van der Waals surface area contributed by atoms with Gasteiger partial charge in [0.1, 0.15) is 17.7 Å². The SMILES string of the molecule is CCOC(C)C(O)c1c(F)cccc1F. The quantitative estimate of drug-likeness (QED) is 0.837.